The fourth-order valence-electron chi connectivity index (χ4n) is 3.61. The van der Waals surface area contributed by atoms with Crippen LogP contribution in [0.15, 0.2) is 30.5 Å². The number of fused-ring (bicyclic) bond motifs is 1. The van der Waals surface area contributed by atoms with Crippen LogP contribution in [-0.4, -0.2) is 32.0 Å². The van der Waals surface area contributed by atoms with Gasteiger partial charge in [0.2, 0.25) is 5.88 Å². The highest BCUT2D eigenvalue weighted by atomic mass is 28.4. The first-order chi connectivity index (χ1) is 13.7. The molecule has 2 aromatic rings. The van der Waals surface area contributed by atoms with E-state index in [1.54, 1.807) is 7.11 Å². The number of nitrogens with zero attached hydrogens (tertiary/aromatic N) is 2. The van der Waals surface area contributed by atoms with Crippen molar-refractivity contribution in [1.29, 1.82) is 0 Å². The number of rotatable bonds is 6. The molecule has 4 nitrogen and oxygen atoms in total. The van der Waals surface area contributed by atoms with Crippen molar-refractivity contribution < 1.29 is 9.16 Å². The van der Waals surface area contributed by atoms with Crippen molar-refractivity contribution in [2.75, 3.05) is 13.7 Å². The maximum absolute atomic E-state index is 6.46. The quantitative estimate of drug-likeness (QED) is 0.509. The average molecular weight is 413 g/mol. The van der Waals surface area contributed by atoms with E-state index in [1.807, 2.05) is 24.4 Å². The lowest BCUT2D eigenvalue weighted by Gasteiger charge is -2.38. The minimum absolute atomic E-state index is 0.289. The van der Waals surface area contributed by atoms with Crippen LogP contribution >= 0.6 is 0 Å². The molecule has 1 aliphatic carbocycles. The van der Waals surface area contributed by atoms with Gasteiger partial charge in [0.05, 0.1) is 18.1 Å². The van der Waals surface area contributed by atoms with Gasteiger partial charge in [0.15, 0.2) is 8.32 Å². The molecular formula is C24H36N2O2Si. The van der Waals surface area contributed by atoms with Gasteiger partial charge in [0, 0.05) is 24.4 Å². The summed E-state index contributed by atoms with van der Waals surface area (Å²) in [5.74, 6) is 1.97. The number of methoxy groups -OCH3 is 1. The molecule has 0 aromatic carbocycles. The topological polar surface area (TPSA) is 44.2 Å². The van der Waals surface area contributed by atoms with Gasteiger partial charge in [-0.25, -0.2) is 4.98 Å². The zero-order valence-corrected chi connectivity index (χ0v) is 19.9. The molecule has 0 unspecified atom stereocenters. The third kappa shape index (κ3) is 5.46. The van der Waals surface area contributed by atoms with Crippen LogP contribution in [0.4, 0.5) is 0 Å². The zero-order valence-electron chi connectivity index (χ0n) is 18.9. The van der Waals surface area contributed by atoms with E-state index in [-0.39, 0.29) is 5.04 Å². The summed E-state index contributed by atoms with van der Waals surface area (Å²) in [6.07, 6.45) is 11.4. The van der Waals surface area contributed by atoms with Crippen LogP contribution in [0.5, 0.6) is 5.88 Å². The van der Waals surface area contributed by atoms with Crippen LogP contribution < -0.4 is 4.74 Å². The first kappa shape index (κ1) is 22.0. The van der Waals surface area contributed by atoms with Crippen molar-refractivity contribution >= 4 is 25.4 Å². The maximum atomic E-state index is 6.46. The number of allylic oxidation sites excluding steroid dienone is 1. The van der Waals surface area contributed by atoms with Gasteiger partial charge in [-0.2, -0.15) is 0 Å². The molecular weight excluding hydrogens is 376 g/mol. The van der Waals surface area contributed by atoms with E-state index in [2.05, 4.69) is 56.0 Å². The lowest BCUT2D eigenvalue weighted by atomic mass is 9.82. The predicted octanol–water partition coefficient (Wildman–Crippen LogP) is 6.48. The fourth-order valence-corrected chi connectivity index (χ4v) is 4.69. The molecule has 1 aliphatic rings. The number of hydrogen-bond acceptors (Lipinski definition) is 4. The smallest absolute Gasteiger partial charge is 0.213 e. The summed E-state index contributed by atoms with van der Waals surface area (Å²) in [5.41, 5.74) is 2.91. The Labute approximate surface area is 176 Å². The summed E-state index contributed by atoms with van der Waals surface area (Å²) >= 11 is 0. The Morgan fingerprint density at radius 3 is 2.48 bits per heavy atom. The van der Waals surface area contributed by atoms with Crippen molar-refractivity contribution in [3.8, 4) is 5.88 Å². The molecule has 5 heteroatoms. The highest BCUT2D eigenvalue weighted by molar-refractivity contribution is 6.74. The molecule has 0 bridgehead atoms. The average Bonchev–Trinajstić information content (AvgIpc) is 2.70. The van der Waals surface area contributed by atoms with Crippen molar-refractivity contribution in [3.63, 3.8) is 0 Å². The summed E-state index contributed by atoms with van der Waals surface area (Å²) < 4.78 is 11.7. The number of aromatic nitrogens is 2. The van der Waals surface area contributed by atoms with Gasteiger partial charge in [-0.05, 0) is 67.8 Å². The summed E-state index contributed by atoms with van der Waals surface area (Å²) in [4.78, 5) is 9.00. The Balaban J connectivity index is 1.57. The largest absolute Gasteiger partial charge is 0.481 e. The van der Waals surface area contributed by atoms with Crippen molar-refractivity contribution in [2.45, 2.75) is 64.6 Å². The Morgan fingerprint density at radius 1 is 1.10 bits per heavy atom. The summed E-state index contributed by atoms with van der Waals surface area (Å²) in [5, 5.41) is 0.289. The summed E-state index contributed by atoms with van der Waals surface area (Å²) in [6, 6.07) is 5.85. The van der Waals surface area contributed by atoms with Gasteiger partial charge < -0.3 is 9.16 Å². The highest BCUT2D eigenvalue weighted by Gasteiger charge is 2.37. The van der Waals surface area contributed by atoms with Gasteiger partial charge in [-0.1, -0.05) is 32.9 Å². The number of hydrogen-bond donors (Lipinski definition) is 0. The van der Waals surface area contributed by atoms with Crippen LogP contribution in [0.25, 0.3) is 17.1 Å². The third-order valence-corrected chi connectivity index (χ3v) is 11.2. The van der Waals surface area contributed by atoms with Crippen LogP contribution in [0.1, 0.15) is 52.0 Å². The van der Waals surface area contributed by atoms with Gasteiger partial charge in [0.1, 0.15) is 0 Å². The molecule has 29 heavy (non-hydrogen) atoms. The second kappa shape index (κ2) is 8.96. The van der Waals surface area contributed by atoms with E-state index in [9.17, 15) is 0 Å². The molecule has 2 heterocycles. The highest BCUT2D eigenvalue weighted by Crippen LogP contribution is 2.38. The molecule has 0 atom stereocenters. The SMILES string of the molecule is COc1ccc2nccc(/C=C/C3CCC(CO[Si](C)(C)C(C)(C)C)CC3)c2n1. The Kier molecular flexibility index (Phi) is 6.79. The van der Waals surface area contributed by atoms with Gasteiger partial charge in [-0.3, -0.25) is 4.98 Å². The van der Waals surface area contributed by atoms with E-state index in [0.29, 0.717) is 17.7 Å². The molecule has 0 saturated heterocycles. The minimum atomic E-state index is -1.64. The van der Waals surface area contributed by atoms with E-state index in [0.717, 1.165) is 23.2 Å². The summed E-state index contributed by atoms with van der Waals surface area (Å²) in [6.45, 7) is 12.6. The Morgan fingerprint density at radius 2 is 1.83 bits per heavy atom. The normalized spacial score (nSPS) is 21.0. The zero-order chi connectivity index (χ0) is 21.1. The molecule has 0 amide bonds. The standard InChI is InChI=1S/C24H36N2O2Si/c1-24(2,3)29(5,6)28-17-19-9-7-18(8-10-19)11-12-20-15-16-25-21-13-14-22(27-4)26-23(20)21/h11-16,18-19H,7-10,17H2,1-6H3/b12-11+. The van der Waals surface area contributed by atoms with E-state index in [1.165, 1.54) is 25.7 Å². The minimum Gasteiger partial charge on any atom is -0.481 e. The van der Waals surface area contributed by atoms with Crippen molar-refractivity contribution in [3.05, 3.63) is 36.0 Å². The molecule has 0 N–H and O–H groups in total. The van der Waals surface area contributed by atoms with E-state index >= 15 is 0 Å². The van der Waals surface area contributed by atoms with Gasteiger partial charge in [0.25, 0.3) is 0 Å². The lowest BCUT2D eigenvalue weighted by molar-refractivity contribution is 0.181. The maximum Gasteiger partial charge on any atom is 0.213 e. The van der Waals surface area contributed by atoms with Gasteiger partial charge in [-0.15, -0.1) is 0 Å². The molecule has 2 aromatic heterocycles. The first-order valence-corrected chi connectivity index (χ1v) is 13.7. The summed E-state index contributed by atoms with van der Waals surface area (Å²) in [7, 11) is 0.00988. The molecule has 3 rings (SSSR count). The second-order valence-electron chi connectivity index (χ2n) is 9.83. The molecule has 0 radical (unpaired) electrons. The van der Waals surface area contributed by atoms with Crippen LogP contribution in [0.2, 0.25) is 18.1 Å². The van der Waals surface area contributed by atoms with Crippen LogP contribution in [0, 0.1) is 11.8 Å². The van der Waals surface area contributed by atoms with Gasteiger partial charge >= 0.3 is 0 Å². The third-order valence-electron chi connectivity index (χ3n) is 6.72. The Bertz CT molecular complexity index is 850. The number of ether oxygens (including phenoxy) is 1. The van der Waals surface area contributed by atoms with Crippen LogP contribution in [-0.2, 0) is 4.43 Å². The monoisotopic (exact) mass is 412 g/mol. The molecule has 0 spiro atoms. The predicted molar refractivity (Wildman–Crippen MR) is 124 cm³/mol. The second-order valence-corrected chi connectivity index (χ2v) is 14.6. The van der Waals surface area contributed by atoms with E-state index in [4.69, 9.17) is 9.16 Å². The molecule has 1 saturated carbocycles. The van der Waals surface area contributed by atoms with Crippen molar-refractivity contribution in [2.24, 2.45) is 11.8 Å². The molecule has 0 aliphatic heterocycles. The molecule has 158 valence electrons. The molecule has 1 fully saturated rings. The Hall–Kier alpha value is -1.72. The fraction of sp³-hybridized carbons (Fsp3) is 0.583. The van der Waals surface area contributed by atoms with Crippen LogP contribution in [0.3, 0.4) is 0 Å². The van der Waals surface area contributed by atoms with E-state index < -0.39 is 8.32 Å². The van der Waals surface area contributed by atoms with Crippen molar-refractivity contribution in [1.82, 2.24) is 9.97 Å². The number of pyridine rings is 2. The lowest BCUT2D eigenvalue weighted by Crippen LogP contribution is -2.42. The first-order valence-electron chi connectivity index (χ1n) is 10.8.